The van der Waals surface area contributed by atoms with Gasteiger partial charge in [-0.05, 0) is 54.9 Å². The maximum atomic E-state index is 12.0. The first kappa shape index (κ1) is 22.6. The van der Waals surface area contributed by atoms with E-state index in [1.165, 1.54) is 0 Å². The van der Waals surface area contributed by atoms with E-state index in [1.807, 2.05) is 54.6 Å². The third-order valence-corrected chi connectivity index (χ3v) is 5.44. The summed E-state index contributed by atoms with van der Waals surface area (Å²) in [5.41, 5.74) is 7.70. The molecule has 0 radical (unpaired) electrons. The molecule has 2 aromatic carbocycles. The maximum Gasteiger partial charge on any atom is 0.407 e. The van der Waals surface area contributed by atoms with Gasteiger partial charge in [-0.1, -0.05) is 42.5 Å². The van der Waals surface area contributed by atoms with Gasteiger partial charge in [0.1, 0.15) is 12.4 Å². The Bertz CT molecular complexity index is 838. The summed E-state index contributed by atoms with van der Waals surface area (Å²) in [5.74, 6) is 0.919. The number of benzene rings is 2. The smallest absolute Gasteiger partial charge is 0.407 e. The van der Waals surface area contributed by atoms with Crippen molar-refractivity contribution in [2.24, 2.45) is 11.7 Å². The number of hydrogen-bond acceptors (Lipinski definition) is 5. The monoisotopic (exact) mass is 425 g/mol. The number of nitrogens with one attached hydrogen (secondary N) is 2. The number of primary amides is 1. The standard InChI is InChI=1S/C24H31N3O4/c1-30-20-13-11-19(12-14-20)22(18-9-10-18)27-21(23(25)28)8-5-15-26-24(29)31-16-17-6-3-2-4-7-17/h2-4,6-7,11-14,18,21-22,27H,5,8-10,15-16H2,1H3,(H2,25,28)(H,26,29)/t21-,22-/m1/s1. The van der Waals surface area contributed by atoms with Crippen molar-refractivity contribution in [1.82, 2.24) is 10.6 Å². The van der Waals surface area contributed by atoms with Crippen LogP contribution in [-0.2, 0) is 16.1 Å². The molecule has 0 bridgehead atoms. The summed E-state index contributed by atoms with van der Waals surface area (Å²) >= 11 is 0. The number of hydrogen-bond donors (Lipinski definition) is 3. The molecule has 0 unspecified atom stereocenters. The van der Waals surface area contributed by atoms with Crippen molar-refractivity contribution in [2.75, 3.05) is 13.7 Å². The SMILES string of the molecule is COc1ccc([C@H](N[C@H](CCCNC(=O)OCc2ccccc2)C(N)=O)C2CC2)cc1. The Morgan fingerprint density at radius 3 is 2.42 bits per heavy atom. The van der Waals surface area contributed by atoms with Crippen molar-refractivity contribution >= 4 is 12.0 Å². The third-order valence-electron chi connectivity index (χ3n) is 5.44. The van der Waals surface area contributed by atoms with Crippen LogP contribution in [0.1, 0.15) is 42.9 Å². The van der Waals surface area contributed by atoms with Crippen LogP contribution in [0.2, 0.25) is 0 Å². The van der Waals surface area contributed by atoms with Gasteiger partial charge in [0.2, 0.25) is 5.91 Å². The van der Waals surface area contributed by atoms with E-state index in [4.69, 9.17) is 15.2 Å². The molecule has 2 atom stereocenters. The molecular weight excluding hydrogens is 394 g/mol. The van der Waals surface area contributed by atoms with Crippen molar-refractivity contribution in [1.29, 1.82) is 0 Å². The second-order valence-electron chi connectivity index (χ2n) is 7.84. The number of rotatable bonds is 12. The zero-order chi connectivity index (χ0) is 22.1. The summed E-state index contributed by atoms with van der Waals surface area (Å²) in [6.07, 6.45) is 2.93. The van der Waals surface area contributed by atoms with E-state index < -0.39 is 12.1 Å². The van der Waals surface area contributed by atoms with Gasteiger partial charge in [0.05, 0.1) is 13.2 Å². The molecule has 7 nitrogen and oxygen atoms in total. The van der Waals surface area contributed by atoms with Crippen LogP contribution in [0.15, 0.2) is 54.6 Å². The number of alkyl carbamates (subject to hydrolysis) is 1. The van der Waals surface area contributed by atoms with Gasteiger partial charge in [-0.25, -0.2) is 4.79 Å². The molecule has 166 valence electrons. The molecule has 7 heteroatoms. The van der Waals surface area contributed by atoms with E-state index >= 15 is 0 Å². The van der Waals surface area contributed by atoms with E-state index in [-0.39, 0.29) is 18.6 Å². The molecule has 1 saturated carbocycles. The van der Waals surface area contributed by atoms with E-state index in [1.54, 1.807) is 7.11 Å². The number of nitrogens with two attached hydrogens (primary N) is 1. The molecule has 1 aliphatic carbocycles. The summed E-state index contributed by atoms with van der Waals surface area (Å²) < 4.78 is 10.4. The van der Waals surface area contributed by atoms with Gasteiger partial charge in [-0.15, -0.1) is 0 Å². The van der Waals surface area contributed by atoms with Crippen molar-refractivity contribution in [2.45, 2.75) is 44.4 Å². The summed E-state index contributed by atoms with van der Waals surface area (Å²) in [6.45, 7) is 0.638. The minimum atomic E-state index is -0.471. The lowest BCUT2D eigenvalue weighted by molar-refractivity contribution is -0.120. The van der Waals surface area contributed by atoms with Gasteiger partial charge in [0.25, 0.3) is 0 Å². The fourth-order valence-corrected chi connectivity index (χ4v) is 3.54. The molecule has 31 heavy (non-hydrogen) atoms. The fourth-order valence-electron chi connectivity index (χ4n) is 3.54. The van der Waals surface area contributed by atoms with Crippen molar-refractivity contribution < 1.29 is 19.1 Å². The Kier molecular flexibility index (Phi) is 8.29. The molecule has 2 aromatic rings. The van der Waals surface area contributed by atoms with Gasteiger partial charge in [0, 0.05) is 12.6 Å². The van der Waals surface area contributed by atoms with Gasteiger partial charge < -0.3 is 20.5 Å². The van der Waals surface area contributed by atoms with Crippen LogP contribution < -0.4 is 21.1 Å². The van der Waals surface area contributed by atoms with Gasteiger partial charge in [-0.3, -0.25) is 10.1 Å². The highest BCUT2D eigenvalue weighted by molar-refractivity contribution is 5.79. The minimum absolute atomic E-state index is 0.0761. The molecule has 1 aliphatic rings. The van der Waals surface area contributed by atoms with Crippen LogP contribution in [0.5, 0.6) is 5.75 Å². The first-order valence-electron chi connectivity index (χ1n) is 10.7. The number of carbonyl (C=O) groups is 2. The van der Waals surface area contributed by atoms with E-state index in [9.17, 15) is 9.59 Å². The molecule has 0 saturated heterocycles. The van der Waals surface area contributed by atoms with Crippen LogP contribution >= 0.6 is 0 Å². The summed E-state index contributed by atoms with van der Waals surface area (Å²) in [7, 11) is 1.64. The predicted octanol–water partition coefficient (Wildman–Crippen LogP) is 3.30. The first-order valence-corrected chi connectivity index (χ1v) is 10.7. The average Bonchev–Trinajstić information content (AvgIpc) is 3.63. The fraction of sp³-hybridized carbons (Fsp3) is 0.417. The average molecular weight is 426 g/mol. The molecule has 0 aliphatic heterocycles. The second kappa shape index (κ2) is 11.4. The summed E-state index contributed by atoms with van der Waals surface area (Å²) in [4.78, 5) is 23.9. The summed E-state index contributed by atoms with van der Waals surface area (Å²) in [5, 5.41) is 6.17. The quantitative estimate of drug-likeness (QED) is 0.453. The lowest BCUT2D eigenvalue weighted by Crippen LogP contribution is -2.44. The predicted molar refractivity (Wildman–Crippen MR) is 118 cm³/mol. The molecule has 0 spiro atoms. The van der Waals surface area contributed by atoms with Crippen LogP contribution in [-0.4, -0.2) is 31.7 Å². The van der Waals surface area contributed by atoms with E-state index in [0.29, 0.717) is 25.3 Å². The van der Waals surface area contributed by atoms with Gasteiger partial charge in [0.15, 0.2) is 0 Å². The maximum absolute atomic E-state index is 12.0. The first-order chi connectivity index (χ1) is 15.1. The summed E-state index contributed by atoms with van der Waals surface area (Å²) in [6, 6.07) is 17.0. The lowest BCUT2D eigenvalue weighted by Gasteiger charge is -2.24. The lowest BCUT2D eigenvalue weighted by atomic mass is 9.99. The molecule has 1 fully saturated rings. The number of carbonyl (C=O) groups excluding carboxylic acids is 2. The van der Waals surface area contributed by atoms with E-state index in [0.717, 1.165) is 29.7 Å². The minimum Gasteiger partial charge on any atom is -0.497 e. The Balaban J connectivity index is 1.44. The van der Waals surface area contributed by atoms with Crippen molar-refractivity contribution in [3.05, 3.63) is 65.7 Å². The van der Waals surface area contributed by atoms with Crippen LogP contribution in [0.25, 0.3) is 0 Å². The highest BCUT2D eigenvalue weighted by atomic mass is 16.5. The largest absolute Gasteiger partial charge is 0.497 e. The Morgan fingerprint density at radius 1 is 1.10 bits per heavy atom. The number of amides is 2. The zero-order valence-corrected chi connectivity index (χ0v) is 17.9. The van der Waals surface area contributed by atoms with Gasteiger partial charge in [-0.2, -0.15) is 0 Å². The van der Waals surface area contributed by atoms with Gasteiger partial charge >= 0.3 is 6.09 Å². The highest BCUT2D eigenvalue weighted by Crippen LogP contribution is 2.41. The zero-order valence-electron chi connectivity index (χ0n) is 17.9. The molecule has 0 aromatic heterocycles. The molecular formula is C24H31N3O4. The van der Waals surface area contributed by atoms with Crippen molar-refractivity contribution in [3.63, 3.8) is 0 Å². The highest BCUT2D eigenvalue weighted by Gasteiger charge is 2.34. The Labute approximate surface area is 183 Å². The molecule has 4 N–H and O–H groups in total. The van der Waals surface area contributed by atoms with Crippen molar-refractivity contribution in [3.8, 4) is 5.75 Å². The molecule has 2 amide bonds. The Morgan fingerprint density at radius 2 is 1.81 bits per heavy atom. The molecule has 0 heterocycles. The second-order valence-corrected chi connectivity index (χ2v) is 7.84. The normalized spacial score (nSPS) is 15.0. The topological polar surface area (TPSA) is 103 Å². The molecule has 3 rings (SSSR count). The van der Waals surface area contributed by atoms with Crippen LogP contribution in [0, 0.1) is 5.92 Å². The third kappa shape index (κ3) is 7.29. The van der Waals surface area contributed by atoms with Crippen LogP contribution in [0.3, 0.4) is 0 Å². The number of ether oxygens (including phenoxy) is 2. The van der Waals surface area contributed by atoms with E-state index in [2.05, 4.69) is 10.6 Å². The van der Waals surface area contributed by atoms with Crippen LogP contribution in [0.4, 0.5) is 4.79 Å². The Hall–Kier alpha value is -3.06. The number of methoxy groups -OCH3 is 1.